The van der Waals surface area contributed by atoms with E-state index in [-0.39, 0.29) is 54.4 Å². The van der Waals surface area contributed by atoms with E-state index in [4.69, 9.17) is 0 Å². The van der Waals surface area contributed by atoms with Crippen LogP contribution in [0.25, 0.3) is 0 Å². The van der Waals surface area contributed by atoms with Gasteiger partial charge in [-0.25, -0.2) is 4.99 Å². The van der Waals surface area contributed by atoms with Crippen molar-refractivity contribution in [2.75, 3.05) is 33.7 Å². The lowest BCUT2D eigenvalue weighted by Gasteiger charge is -2.20. The second-order valence-electron chi connectivity index (χ2n) is 5.64. The van der Waals surface area contributed by atoms with E-state index in [9.17, 15) is 9.59 Å². The van der Waals surface area contributed by atoms with Crippen LogP contribution in [0.2, 0.25) is 0 Å². The summed E-state index contributed by atoms with van der Waals surface area (Å²) >= 11 is 0. The molecule has 0 aliphatic rings. The number of amides is 2. The molecule has 0 atom stereocenters. The maximum absolute atomic E-state index is 11.7. The summed E-state index contributed by atoms with van der Waals surface area (Å²) in [5, 5.41) is 8.69. The fraction of sp³-hybridized carbons (Fsp3) is 0.769. The van der Waals surface area contributed by atoms with Crippen molar-refractivity contribution in [2.45, 2.75) is 33.2 Å². The number of hydrogen-bond donors (Lipinski definition) is 3. The minimum Gasteiger partial charge on any atom is -0.357 e. The van der Waals surface area contributed by atoms with Crippen molar-refractivity contribution in [3.05, 3.63) is 0 Å². The average Bonchev–Trinajstić information content (AvgIpc) is 2.29. The number of aliphatic imine (C=N–C) groups is 1. The first-order valence-electron chi connectivity index (χ1n) is 6.69. The Morgan fingerprint density at radius 2 is 1.71 bits per heavy atom. The van der Waals surface area contributed by atoms with E-state index in [1.165, 1.54) is 4.90 Å². The summed E-state index contributed by atoms with van der Waals surface area (Å²) in [4.78, 5) is 28.8. The Bertz CT molecular complexity index is 364. The van der Waals surface area contributed by atoms with Crippen LogP contribution in [-0.4, -0.2) is 61.9 Å². The SMILES string of the molecule is CCNC(=NCC(=O)NC(C)(C)C)NCC(=O)N(C)C.I. The third kappa shape index (κ3) is 12.4. The van der Waals surface area contributed by atoms with Gasteiger partial charge in [-0.05, 0) is 27.7 Å². The number of carbonyl (C=O) groups is 2. The fourth-order valence-corrected chi connectivity index (χ4v) is 1.27. The van der Waals surface area contributed by atoms with Gasteiger partial charge in [0.25, 0.3) is 0 Å². The molecule has 3 N–H and O–H groups in total. The van der Waals surface area contributed by atoms with Crippen LogP contribution in [0.5, 0.6) is 0 Å². The van der Waals surface area contributed by atoms with Gasteiger partial charge in [0, 0.05) is 26.2 Å². The minimum absolute atomic E-state index is 0. The van der Waals surface area contributed by atoms with Gasteiger partial charge in [0.2, 0.25) is 11.8 Å². The monoisotopic (exact) mass is 413 g/mol. The van der Waals surface area contributed by atoms with E-state index in [0.717, 1.165) is 0 Å². The number of likely N-dealkylation sites (N-methyl/N-ethyl adjacent to an activating group) is 1. The molecule has 8 heteroatoms. The van der Waals surface area contributed by atoms with E-state index in [1.54, 1.807) is 14.1 Å². The van der Waals surface area contributed by atoms with E-state index in [0.29, 0.717) is 12.5 Å². The first-order chi connectivity index (χ1) is 9.15. The van der Waals surface area contributed by atoms with Crippen molar-refractivity contribution in [1.29, 1.82) is 0 Å². The third-order valence-electron chi connectivity index (χ3n) is 2.15. The van der Waals surface area contributed by atoms with E-state index >= 15 is 0 Å². The van der Waals surface area contributed by atoms with Crippen LogP contribution in [0.4, 0.5) is 0 Å². The zero-order valence-electron chi connectivity index (χ0n) is 13.7. The molecule has 0 spiro atoms. The predicted octanol–water partition coefficient (Wildman–Crippen LogP) is 0.162. The molecule has 0 rings (SSSR count). The second kappa shape index (κ2) is 10.6. The number of nitrogens with zero attached hydrogens (tertiary/aromatic N) is 2. The normalized spacial score (nSPS) is 11.2. The Balaban J connectivity index is 0. The van der Waals surface area contributed by atoms with Gasteiger partial charge in [0.15, 0.2) is 5.96 Å². The summed E-state index contributed by atoms with van der Waals surface area (Å²) < 4.78 is 0. The Morgan fingerprint density at radius 1 is 1.14 bits per heavy atom. The molecule has 0 fully saturated rings. The topological polar surface area (TPSA) is 85.8 Å². The molecule has 2 amide bonds. The van der Waals surface area contributed by atoms with Gasteiger partial charge in [0.1, 0.15) is 6.54 Å². The molecule has 0 unspecified atom stereocenters. The number of hydrogen-bond acceptors (Lipinski definition) is 3. The highest BCUT2D eigenvalue weighted by molar-refractivity contribution is 14.0. The van der Waals surface area contributed by atoms with Crippen LogP contribution in [0.3, 0.4) is 0 Å². The summed E-state index contributed by atoms with van der Waals surface area (Å²) in [6, 6.07) is 0. The molecule has 0 aliphatic carbocycles. The molecular weight excluding hydrogens is 385 g/mol. The highest BCUT2D eigenvalue weighted by Gasteiger charge is 2.13. The molecule has 0 radical (unpaired) electrons. The molecule has 0 aromatic carbocycles. The maximum atomic E-state index is 11.7. The number of halogens is 1. The highest BCUT2D eigenvalue weighted by Crippen LogP contribution is 1.97. The van der Waals surface area contributed by atoms with Crippen molar-refractivity contribution < 1.29 is 9.59 Å². The molecule has 0 saturated heterocycles. The average molecular weight is 413 g/mol. The van der Waals surface area contributed by atoms with Gasteiger partial charge in [-0.2, -0.15) is 0 Å². The third-order valence-corrected chi connectivity index (χ3v) is 2.15. The maximum Gasteiger partial charge on any atom is 0.242 e. The molecule has 21 heavy (non-hydrogen) atoms. The highest BCUT2D eigenvalue weighted by atomic mass is 127. The molecule has 124 valence electrons. The number of carbonyl (C=O) groups excluding carboxylic acids is 2. The first kappa shape index (κ1) is 22.2. The lowest BCUT2D eigenvalue weighted by molar-refractivity contribution is -0.127. The van der Waals surface area contributed by atoms with Crippen LogP contribution < -0.4 is 16.0 Å². The number of guanidine groups is 1. The summed E-state index contributed by atoms with van der Waals surface area (Å²) in [6.07, 6.45) is 0. The summed E-state index contributed by atoms with van der Waals surface area (Å²) in [6.45, 7) is 8.46. The fourth-order valence-electron chi connectivity index (χ4n) is 1.27. The van der Waals surface area contributed by atoms with Crippen LogP contribution >= 0.6 is 24.0 Å². The standard InChI is InChI=1S/C13H27N5O2.HI/c1-7-14-12(16-9-11(20)18(5)6)15-8-10(19)17-13(2,3)4;/h7-9H2,1-6H3,(H,17,19)(H2,14,15,16);1H. The van der Waals surface area contributed by atoms with Crippen LogP contribution in [0, 0.1) is 0 Å². The molecule has 0 heterocycles. The largest absolute Gasteiger partial charge is 0.357 e. The Hall–Kier alpha value is -1.06. The van der Waals surface area contributed by atoms with Crippen molar-refractivity contribution in [3.8, 4) is 0 Å². The second-order valence-corrected chi connectivity index (χ2v) is 5.64. The first-order valence-corrected chi connectivity index (χ1v) is 6.69. The van der Waals surface area contributed by atoms with Crippen molar-refractivity contribution >= 4 is 41.8 Å². The van der Waals surface area contributed by atoms with Crippen molar-refractivity contribution in [1.82, 2.24) is 20.9 Å². The summed E-state index contributed by atoms with van der Waals surface area (Å²) in [7, 11) is 3.37. The molecule has 0 bridgehead atoms. The van der Waals surface area contributed by atoms with Gasteiger partial charge in [-0.1, -0.05) is 0 Å². The van der Waals surface area contributed by atoms with E-state index < -0.39 is 0 Å². The van der Waals surface area contributed by atoms with Gasteiger partial charge < -0.3 is 20.9 Å². The minimum atomic E-state index is -0.279. The molecule has 0 aromatic heterocycles. The molecule has 7 nitrogen and oxygen atoms in total. The Morgan fingerprint density at radius 3 is 2.14 bits per heavy atom. The summed E-state index contributed by atoms with van der Waals surface area (Å²) in [5.74, 6) is 0.232. The Labute approximate surface area is 144 Å². The molecule has 0 aromatic rings. The smallest absolute Gasteiger partial charge is 0.242 e. The van der Waals surface area contributed by atoms with Crippen molar-refractivity contribution in [2.24, 2.45) is 4.99 Å². The quantitative estimate of drug-likeness (QED) is 0.341. The molecular formula is C13H28IN5O2. The molecule has 0 aliphatic heterocycles. The van der Waals surface area contributed by atoms with Gasteiger partial charge in [-0.3, -0.25) is 9.59 Å². The zero-order valence-corrected chi connectivity index (χ0v) is 16.1. The van der Waals surface area contributed by atoms with Crippen LogP contribution in [0.15, 0.2) is 4.99 Å². The van der Waals surface area contributed by atoms with E-state index in [2.05, 4.69) is 20.9 Å². The van der Waals surface area contributed by atoms with Crippen LogP contribution in [-0.2, 0) is 9.59 Å². The van der Waals surface area contributed by atoms with Gasteiger partial charge in [0.05, 0.1) is 6.54 Å². The van der Waals surface area contributed by atoms with Crippen LogP contribution in [0.1, 0.15) is 27.7 Å². The lowest BCUT2D eigenvalue weighted by atomic mass is 10.1. The zero-order chi connectivity index (χ0) is 15.8. The Kier molecular flexibility index (Phi) is 11.3. The molecule has 0 saturated carbocycles. The van der Waals surface area contributed by atoms with Gasteiger partial charge >= 0.3 is 0 Å². The summed E-state index contributed by atoms with van der Waals surface area (Å²) in [5.41, 5.74) is -0.279. The van der Waals surface area contributed by atoms with E-state index in [1.807, 2.05) is 27.7 Å². The lowest BCUT2D eigenvalue weighted by Crippen LogP contribution is -2.45. The number of nitrogens with one attached hydrogen (secondary N) is 3. The predicted molar refractivity (Wildman–Crippen MR) is 96.0 cm³/mol. The van der Waals surface area contributed by atoms with Gasteiger partial charge in [-0.15, -0.1) is 24.0 Å². The number of rotatable bonds is 5. The van der Waals surface area contributed by atoms with Crippen molar-refractivity contribution in [3.63, 3.8) is 0 Å².